The molecule has 0 spiro atoms. The SMILES string of the molecule is CS(=O)(=O)c1ccc(-c2cnc3ccc(C(=O)NO)cc3n2)cc1. The highest BCUT2D eigenvalue weighted by molar-refractivity contribution is 7.90. The largest absolute Gasteiger partial charge is 0.288 e. The van der Waals surface area contributed by atoms with Gasteiger partial charge in [-0.05, 0) is 30.3 Å². The molecule has 2 N–H and O–H groups in total. The maximum atomic E-state index is 11.5. The second kappa shape index (κ2) is 5.99. The molecule has 8 heteroatoms. The van der Waals surface area contributed by atoms with E-state index in [4.69, 9.17) is 5.21 Å². The van der Waals surface area contributed by atoms with Gasteiger partial charge in [0.1, 0.15) is 0 Å². The Morgan fingerprint density at radius 2 is 1.79 bits per heavy atom. The van der Waals surface area contributed by atoms with Crippen LogP contribution in [0.3, 0.4) is 0 Å². The number of fused-ring (bicyclic) bond motifs is 1. The molecule has 3 aromatic rings. The summed E-state index contributed by atoms with van der Waals surface area (Å²) < 4.78 is 23.0. The third-order valence-corrected chi connectivity index (χ3v) is 4.61. The Hall–Kier alpha value is -2.84. The van der Waals surface area contributed by atoms with Crippen LogP contribution in [-0.4, -0.2) is 35.8 Å². The van der Waals surface area contributed by atoms with E-state index in [1.54, 1.807) is 29.9 Å². The fourth-order valence-corrected chi connectivity index (χ4v) is 2.86. The zero-order valence-electron chi connectivity index (χ0n) is 12.6. The highest BCUT2D eigenvalue weighted by atomic mass is 32.2. The van der Waals surface area contributed by atoms with Gasteiger partial charge >= 0.3 is 0 Å². The van der Waals surface area contributed by atoms with Crippen molar-refractivity contribution in [1.82, 2.24) is 15.4 Å². The smallest absolute Gasteiger partial charge is 0.274 e. The molecule has 0 aliphatic rings. The number of carbonyl (C=O) groups excluding carboxylic acids is 1. The summed E-state index contributed by atoms with van der Waals surface area (Å²) in [6, 6.07) is 11.0. The lowest BCUT2D eigenvalue weighted by atomic mass is 10.1. The van der Waals surface area contributed by atoms with Crippen LogP contribution in [0.5, 0.6) is 0 Å². The molecule has 7 nitrogen and oxygen atoms in total. The maximum absolute atomic E-state index is 11.5. The molecule has 0 atom stereocenters. The van der Waals surface area contributed by atoms with Gasteiger partial charge in [-0.3, -0.25) is 15.0 Å². The monoisotopic (exact) mass is 343 g/mol. The first-order valence-electron chi connectivity index (χ1n) is 6.90. The lowest BCUT2D eigenvalue weighted by Crippen LogP contribution is -2.18. The quantitative estimate of drug-likeness (QED) is 0.554. The van der Waals surface area contributed by atoms with Crippen LogP contribution in [0.25, 0.3) is 22.3 Å². The molecular weight excluding hydrogens is 330 g/mol. The summed E-state index contributed by atoms with van der Waals surface area (Å²) in [5.74, 6) is -0.637. The summed E-state index contributed by atoms with van der Waals surface area (Å²) in [7, 11) is -3.26. The van der Waals surface area contributed by atoms with Gasteiger partial charge in [0.2, 0.25) is 0 Å². The van der Waals surface area contributed by atoms with Gasteiger partial charge < -0.3 is 0 Å². The zero-order chi connectivity index (χ0) is 17.3. The van der Waals surface area contributed by atoms with Gasteiger partial charge in [0.05, 0.1) is 27.8 Å². The molecule has 3 rings (SSSR count). The number of nitrogens with one attached hydrogen (secondary N) is 1. The van der Waals surface area contributed by atoms with Crippen molar-refractivity contribution in [2.24, 2.45) is 0 Å². The van der Waals surface area contributed by atoms with Gasteiger partial charge in [-0.1, -0.05) is 12.1 Å². The second-order valence-corrected chi connectivity index (χ2v) is 7.21. The third-order valence-electron chi connectivity index (χ3n) is 3.48. The molecule has 1 aromatic heterocycles. The molecule has 0 aliphatic heterocycles. The number of aromatic nitrogens is 2. The topological polar surface area (TPSA) is 109 Å². The number of amides is 1. The molecular formula is C16H13N3O4S. The molecule has 0 fully saturated rings. The maximum Gasteiger partial charge on any atom is 0.274 e. The summed E-state index contributed by atoms with van der Waals surface area (Å²) in [5.41, 5.74) is 4.16. The van der Waals surface area contributed by atoms with E-state index < -0.39 is 15.7 Å². The van der Waals surface area contributed by atoms with Gasteiger partial charge in [-0.15, -0.1) is 0 Å². The van der Waals surface area contributed by atoms with E-state index in [1.165, 1.54) is 24.3 Å². The number of sulfone groups is 1. The number of rotatable bonds is 3. The first-order chi connectivity index (χ1) is 11.4. The number of hydrogen-bond donors (Lipinski definition) is 2. The Kier molecular flexibility index (Phi) is 4.00. The van der Waals surface area contributed by atoms with Gasteiger partial charge in [0, 0.05) is 17.4 Å². The summed E-state index contributed by atoms with van der Waals surface area (Å²) in [6.07, 6.45) is 2.72. The third kappa shape index (κ3) is 3.10. The molecule has 0 radical (unpaired) electrons. The summed E-state index contributed by atoms with van der Waals surface area (Å²) in [6.45, 7) is 0. The van der Waals surface area contributed by atoms with Crippen LogP contribution in [0.4, 0.5) is 0 Å². The van der Waals surface area contributed by atoms with E-state index >= 15 is 0 Å². The van der Waals surface area contributed by atoms with E-state index in [2.05, 4.69) is 9.97 Å². The molecule has 0 saturated carbocycles. The van der Waals surface area contributed by atoms with Crippen molar-refractivity contribution in [2.45, 2.75) is 4.90 Å². The number of hydroxylamine groups is 1. The van der Waals surface area contributed by atoms with Crippen molar-refractivity contribution in [3.05, 3.63) is 54.2 Å². The highest BCUT2D eigenvalue weighted by Crippen LogP contribution is 2.21. The van der Waals surface area contributed by atoms with Crippen molar-refractivity contribution in [1.29, 1.82) is 0 Å². The minimum Gasteiger partial charge on any atom is -0.288 e. The van der Waals surface area contributed by atoms with Crippen molar-refractivity contribution in [2.75, 3.05) is 6.26 Å². The number of hydrogen-bond acceptors (Lipinski definition) is 6. The average Bonchev–Trinajstić information content (AvgIpc) is 2.59. The Morgan fingerprint density at radius 1 is 1.08 bits per heavy atom. The molecule has 1 heterocycles. The predicted molar refractivity (Wildman–Crippen MR) is 87.3 cm³/mol. The standard InChI is InChI=1S/C16H13N3O4S/c1-24(22,23)12-5-2-10(3-6-12)15-9-17-13-7-4-11(16(20)19-21)8-14(13)18-15/h2-9,21H,1H3,(H,19,20). The van der Waals surface area contributed by atoms with Crippen LogP contribution in [0.2, 0.25) is 0 Å². The fourth-order valence-electron chi connectivity index (χ4n) is 2.23. The van der Waals surface area contributed by atoms with Crippen molar-refractivity contribution in [3.8, 4) is 11.3 Å². The zero-order valence-corrected chi connectivity index (χ0v) is 13.4. The first-order valence-corrected chi connectivity index (χ1v) is 8.79. The summed E-state index contributed by atoms with van der Waals surface area (Å²) in [4.78, 5) is 20.4. The van der Waals surface area contributed by atoms with Crippen LogP contribution in [-0.2, 0) is 9.84 Å². The lowest BCUT2D eigenvalue weighted by Gasteiger charge is -2.05. The summed E-state index contributed by atoms with van der Waals surface area (Å²) in [5, 5.41) is 8.70. The van der Waals surface area contributed by atoms with Crippen LogP contribution in [0.15, 0.2) is 53.6 Å². The fraction of sp³-hybridized carbons (Fsp3) is 0.0625. The van der Waals surface area contributed by atoms with Crippen LogP contribution >= 0.6 is 0 Å². The van der Waals surface area contributed by atoms with Crippen LogP contribution in [0.1, 0.15) is 10.4 Å². The van der Waals surface area contributed by atoms with Gasteiger partial charge in [-0.2, -0.15) is 0 Å². The van der Waals surface area contributed by atoms with Gasteiger partial charge in [0.15, 0.2) is 9.84 Å². The van der Waals surface area contributed by atoms with Crippen LogP contribution < -0.4 is 5.48 Å². The highest BCUT2D eigenvalue weighted by Gasteiger charge is 2.10. The molecule has 0 bridgehead atoms. The van der Waals surface area contributed by atoms with Gasteiger partial charge in [-0.25, -0.2) is 18.9 Å². The molecule has 1 amide bonds. The number of benzene rings is 2. The van der Waals surface area contributed by atoms with E-state index in [1.807, 2.05) is 0 Å². The molecule has 24 heavy (non-hydrogen) atoms. The first kappa shape index (κ1) is 16.0. The molecule has 0 aliphatic carbocycles. The minimum absolute atomic E-state index is 0.224. The normalized spacial score (nSPS) is 11.4. The van der Waals surface area contributed by atoms with E-state index in [-0.39, 0.29) is 10.5 Å². The van der Waals surface area contributed by atoms with E-state index in [9.17, 15) is 13.2 Å². The second-order valence-electron chi connectivity index (χ2n) is 5.20. The molecule has 0 unspecified atom stereocenters. The van der Waals surface area contributed by atoms with E-state index in [0.717, 1.165) is 6.26 Å². The number of carbonyl (C=O) groups is 1. The average molecular weight is 343 g/mol. The Morgan fingerprint density at radius 3 is 2.42 bits per heavy atom. The van der Waals surface area contributed by atoms with Crippen LogP contribution in [0, 0.1) is 0 Å². The van der Waals surface area contributed by atoms with Crippen molar-refractivity contribution < 1.29 is 18.4 Å². The number of nitrogens with zero attached hydrogens (tertiary/aromatic N) is 2. The molecule has 122 valence electrons. The lowest BCUT2D eigenvalue weighted by molar-refractivity contribution is 0.0706. The predicted octanol–water partition coefficient (Wildman–Crippen LogP) is 1.82. The summed E-state index contributed by atoms with van der Waals surface area (Å²) >= 11 is 0. The molecule has 0 saturated heterocycles. The van der Waals surface area contributed by atoms with Gasteiger partial charge in [0.25, 0.3) is 5.91 Å². The van der Waals surface area contributed by atoms with Crippen molar-refractivity contribution >= 4 is 26.8 Å². The van der Waals surface area contributed by atoms with E-state index in [0.29, 0.717) is 22.3 Å². The van der Waals surface area contributed by atoms with Crippen molar-refractivity contribution in [3.63, 3.8) is 0 Å². The Balaban J connectivity index is 2.05. The Labute approximate surface area is 137 Å². The minimum atomic E-state index is -3.26. The Bertz CT molecular complexity index is 1030. The molecule has 2 aromatic carbocycles.